The lowest BCUT2D eigenvalue weighted by atomic mass is 10.1. The summed E-state index contributed by atoms with van der Waals surface area (Å²) in [5, 5.41) is 3.30. The van der Waals surface area contributed by atoms with Gasteiger partial charge in [-0.25, -0.2) is 17.9 Å². The standard InChI is InChI=1S/C19H20ClN3O3S/c20-15-8-4-5-9-16(15)21-19(24)23-12-13-10-17(18(23)11-13)22-27(25,26)14-6-2-1-3-7-14/h1-9,13,17-18,22H,10-12H2,(H,21,24)/t13-,17+,18-/m1/s1. The van der Waals surface area contributed by atoms with Crippen LogP contribution in [0, 0.1) is 5.92 Å². The molecule has 0 aromatic heterocycles. The van der Waals surface area contributed by atoms with Gasteiger partial charge in [0.2, 0.25) is 10.0 Å². The zero-order valence-electron chi connectivity index (χ0n) is 14.5. The smallest absolute Gasteiger partial charge is 0.320 e. The Bertz CT molecular complexity index is 952. The number of hydrogen-bond acceptors (Lipinski definition) is 3. The van der Waals surface area contributed by atoms with Crippen molar-refractivity contribution in [2.24, 2.45) is 5.92 Å². The first-order valence-electron chi connectivity index (χ1n) is 8.83. The second-order valence-electron chi connectivity index (χ2n) is 7.01. The van der Waals surface area contributed by atoms with Crippen molar-refractivity contribution >= 4 is 33.3 Å². The van der Waals surface area contributed by atoms with Gasteiger partial charge in [-0.3, -0.25) is 0 Å². The average molecular weight is 406 g/mol. The molecule has 1 saturated heterocycles. The molecule has 8 heteroatoms. The molecule has 0 spiro atoms. The Balaban J connectivity index is 1.47. The predicted octanol–water partition coefficient (Wildman–Crippen LogP) is 3.31. The molecule has 1 saturated carbocycles. The van der Waals surface area contributed by atoms with Gasteiger partial charge in [0.05, 0.1) is 21.6 Å². The van der Waals surface area contributed by atoms with Gasteiger partial charge in [0.15, 0.2) is 0 Å². The van der Waals surface area contributed by atoms with E-state index in [1.165, 1.54) is 0 Å². The molecule has 142 valence electrons. The highest BCUT2D eigenvalue weighted by Crippen LogP contribution is 2.39. The summed E-state index contributed by atoms with van der Waals surface area (Å²) < 4.78 is 28.0. The molecule has 27 heavy (non-hydrogen) atoms. The maximum atomic E-state index is 12.7. The van der Waals surface area contributed by atoms with Crippen LogP contribution in [0.1, 0.15) is 12.8 Å². The minimum absolute atomic E-state index is 0.157. The van der Waals surface area contributed by atoms with Crippen molar-refractivity contribution in [2.75, 3.05) is 11.9 Å². The van der Waals surface area contributed by atoms with Crippen LogP contribution in [0.2, 0.25) is 5.02 Å². The van der Waals surface area contributed by atoms with E-state index in [4.69, 9.17) is 11.6 Å². The summed E-state index contributed by atoms with van der Waals surface area (Å²) in [6, 6.07) is 14.7. The second-order valence-corrected chi connectivity index (χ2v) is 9.13. The van der Waals surface area contributed by atoms with Crippen LogP contribution in [0.5, 0.6) is 0 Å². The van der Waals surface area contributed by atoms with Gasteiger partial charge in [0, 0.05) is 12.6 Å². The normalized spacial score (nSPS) is 24.2. The number of urea groups is 1. The van der Waals surface area contributed by atoms with Crippen LogP contribution in [0.4, 0.5) is 10.5 Å². The van der Waals surface area contributed by atoms with Gasteiger partial charge in [0.25, 0.3) is 0 Å². The third-order valence-corrected chi connectivity index (χ3v) is 7.05. The molecular formula is C19H20ClN3O3S. The van der Waals surface area contributed by atoms with E-state index < -0.39 is 10.0 Å². The van der Waals surface area contributed by atoms with Crippen molar-refractivity contribution in [1.29, 1.82) is 0 Å². The number of halogens is 1. The number of likely N-dealkylation sites (tertiary alicyclic amines) is 1. The van der Waals surface area contributed by atoms with E-state index >= 15 is 0 Å². The number of nitrogens with zero attached hydrogens (tertiary/aromatic N) is 1. The van der Waals surface area contributed by atoms with Gasteiger partial charge < -0.3 is 10.2 Å². The Hall–Kier alpha value is -2.09. The molecule has 1 aliphatic carbocycles. The summed E-state index contributed by atoms with van der Waals surface area (Å²) in [5.74, 6) is 0.301. The van der Waals surface area contributed by atoms with Crippen LogP contribution in [0.15, 0.2) is 59.5 Å². The molecule has 3 atom stereocenters. The van der Waals surface area contributed by atoms with E-state index in [1.807, 2.05) is 0 Å². The first kappa shape index (κ1) is 18.3. The molecule has 6 nitrogen and oxygen atoms in total. The molecule has 1 aliphatic heterocycles. The fourth-order valence-corrected chi connectivity index (χ4v) is 5.49. The molecule has 1 heterocycles. The number of carbonyl (C=O) groups is 1. The van der Waals surface area contributed by atoms with E-state index in [2.05, 4.69) is 10.0 Å². The van der Waals surface area contributed by atoms with Gasteiger partial charge in [-0.2, -0.15) is 0 Å². The SMILES string of the molecule is O=C(Nc1ccccc1Cl)N1C[C@@H]2C[C@H](NS(=O)(=O)c3ccccc3)[C@H]1C2. The van der Waals surface area contributed by atoms with Gasteiger partial charge in [-0.05, 0) is 43.0 Å². The summed E-state index contributed by atoms with van der Waals surface area (Å²) in [7, 11) is -3.61. The molecule has 2 amide bonds. The Kier molecular flexibility index (Phi) is 4.84. The highest BCUT2D eigenvalue weighted by atomic mass is 35.5. The number of nitrogens with one attached hydrogen (secondary N) is 2. The topological polar surface area (TPSA) is 78.5 Å². The van der Waals surface area contributed by atoms with Crippen molar-refractivity contribution in [3.63, 3.8) is 0 Å². The number of para-hydroxylation sites is 1. The highest BCUT2D eigenvalue weighted by molar-refractivity contribution is 7.89. The quantitative estimate of drug-likeness (QED) is 0.819. The van der Waals surface area contributed by atoms with Crippen LogP contribution in [-0.2, 0) is 10.0 Å². The minimum Gasteiger partial charge on any atom is -0.320 e. The summed E-state index contributed by atoms with van der Waals surface area (Å²) in [6.45, 7) is 0.629. The van der Waals surface area contributed by atoms with Gasteiger partial charge in [-0.1, -0.05) is 41.9 Å². The third kappa shape index (κ3) is 3.67. The summed E-state index contributed by atoms with van der Waals surface area (Å²) >= 11 is 6.11. The molecule has 4 rings (SSSR count). The molecule has 2 fully saturated rings. The fraction of sp³-hybridized carbons (Fsp3) is 0.316. The lowest BCUT2D eigenvalue weighted by Gasteiger charge is -2.33. The van der Waals surface area contributed by atoms with Crippen LogP contribution in [-0.4, -0.2) is 38.0 Å². The predicted molar refractivity (Wildman–Crippen MR) is 104 cm³/mol. The fourth-order valence-electron chi connectivity index (χ4n) is 4.00. The number of anilines is 1. The molecular weight excluding hydrogens is 386 g/mol. The second kappa shape index (κ2) is 7.14. The first-order chi connectivity index (χ1) is 12.9. The number of hydrogen-bond donors (Lipinski definition) is 2. The Morgan fingerprint density at radius 3 is 2.44 bits per heavy atom. The zero-order valence-corrected chi connectivity index (χ0v) is 16.1. The van der Waals surface area contributed by atoms with Crippen LogP contribution in [0.25, 0.3) is 0 Å². The number of benzene rings is 2. The van der Waals surface area contributed by atoms with Crippen LogP contribution >= 0.6 is 11.6 Å². The van der Waals surface area contributed by atoms with Gasteiger partial charge in [-0.15, -0.1) is 0 Å². The minimum atomic E-state index is -3.61. The molecule has 0 unspecified atom stereocenters. The van der Waals surface area contributed by atoms with Crippen molar-refractivity contribution in [3.8, 4) is 0 Å². The summed E-state index contributed by atoms with van der Waals surface area (Å²) in [5.41, 5.74) is 0.549. The lowest BCUT2D eigenvalue weighted by molar-refractivity contribution is 0.183. The number of fused-ring (bicyclic) bond motifs is 2. The van der Waals surface area contributed by atoms with E-state index in [0.717, 1.165) is 12.8 Å². The van der Waals surface area contributed by atoms with E-state index in [9.17, 15) is 13.2 Å². The number of sulfonamides is 1. The van der Waals surface area contributed by atoms with Crippen molar-refractivity contribution in [3.05, 3.63) is 59.6 Å². The van der Waals surface area contributed by atoms with Crippen molar-refractivity contribution in [1.82, 2.24) is 9.62 Å². The van der Waals surface area contributed by atoms with E-state index in [0.29, 0.717) is 23.2 Å². The van der Waals surface area contributed by atoms with Gasteiger partial charge >= 0.3 is 6.03 Å². The molecule has 2 aromatic rings. The summed E-state index contributed by atoms with van der Waals surface area (Å²) in [6.07, 6.45) is 1.55. The van der Waals surface area contributed by atoms with Crippen molar-refractivity contribution < 1.29 is 13.2 Å². The first-order valence-corrected chi connectivity index (χ1v) is 10.7. The Morgan fingerprint density at radius 2 is 1.74 bits per heavy atom. The Labute approximate surface area is 163 Å². The van der Waals surface area contributed by atoms with Crippen LogP contribution in [0.3, 0.4) is 0 Å². The molecule has 2 aromatic carbocycles. The van der Waals surface area contributed by atoms with E-state index in [-0.39, 0.29) is 23.0 Å². The number of piperidine rings is 1. The lowest BCUT2D eigenvalue weighted by Crippen LogP contribution is -2.52. The van der Waals surface area contributed by atoms with Crippen LogP contribution < -0.4 is 10.0 Å². The number of rotatable bonds is 4. The highest BCUT2D eigenvalue weighted by Gasteiger charge is 2.48. The van der Waals surface area contributed by atoms with E-state index in [1.54, 1.807) is 59.5 Å². The van der Waals surface area contributed by atoms with Crippen molar-refractivity contribution in [2.45, 2.75) is 29.8 Å². The molecule has 0 radical (unpaired) electrons. The maximum absolute atomic E-state index is 12.7. The Morgan fingerprint density at radius 1 is 1.04 bits per heavy atom. The zero-order chi connectivity index (χ0) is 19.0. The number of carbonyl (C=O) groups excluding carboxylic acids is 1. The van der Waals surface area contributed by atoms with Gasteiger partial charge in [0.1, 0.15) is 0 Å². The monoisotopic (exact) mass is 405 g/mol. The average Bonchev–Trinajstić information content (AvgIpc) is 3.24. The summed E-state index contributed by atoms with van der Waals surface area (Å²) in [4.78, 5) is 14.7. The third-order valence-electron chi connectivity index (χ3n) is 5.22. The molecule has 2 aliphatic rings. The largest absolute Gasteiger partial charge is 0.322 e. The number of amides is 2. The maximum Gasteiger partial charge on any atom is 0.322 e. The molecule has 2 N–H and O–H groups in total. The molecule has 2 bridgehead atoms.